The molecule has 0 saturated carbocycles. The minimum atomic E-state index is -4.40. The van der Waals surface area contributed by atoms with Crippen molar-refractivity contribution in [1.82, 2.24) is 0 Å². The molecule has 0 spiro atoms. The summed E-state index contributed by atoms with van der Waals surface area (Å²) >= 11 is 0. The largest absolute Gasteiger partial charge is 0.417 e. The molecule has 0 bridgehead atoms. The van der Waals surface area contributed by atoms with Crippen molar-refractivity contribution in [3.8, 4) is 11.1 Å². The van der Waals surface area contributed by atoms with Crippen LogP contribution in [0.25, 0.3) is 11.1 Å². The van der Waals surface area contributed by atoms with E-state index in [1.54, 1.807) is 32.0 Å². The van der Waals surface area contributed by atoms with Gasteiger partial charge in [-0.3, -0.25) is 4.79 Å². The Morgan fingerprint density at radius 2 is 1.55 bits per heavy atom. The molecule has 104 valence electrons. The highest BCUT2D eigenvalue weighted by Gasteiger charge is 2.33. The zero-order valence-electron chi connectivity index (χ0n) is 11.1. The fourth-order valence-corrected chi connectivity index (χ4v) is 2.30. The van der Waals surface area contributed by atoms with Crippen molar-refractivity contribution >= 4 is 6.29 Å². The van der Waals surface area contributed by atoms with Crippen LogP contribution in [0.5, 0.6) is 0 Å². The molecular weight excluding hydrogens is 265 g/mol. The van der Waals surface area contributed by atoms with E-state index in [1.807, 2.05) is 0 Å². The van der Waals surface area contributed by atoms with Gasteiger partial charge in [0.2, 0.25) is 0 Å². The van der Waals surface area contributed by atoms with Gasteiger partial charge in [-0.15, -0.1) is 0 Å². The van der Waals surface area contributed by atoms with Crippen LogP contribution in [0, 0.1) is 13.8 Å². The third kappa shape index (κ3) is 2.59. The first kappa shape index (κ1) is 14.3. The van der Waals surface area contributed by atoms with E-state index in [9.17, 15) is 18.0 Å². The van der Waals surface area contributed by atoms with Gasteiger partial charge in [0.15, 0.2) is 6.29 Å². The maximum atomic E-state index is 13.0. The van der Waals surface area contributed by atoms with Crippen molar-refractivity contribution in [3.63, 3.8) is 0 Å². The van der Waals surface area contributed by atoms with Crippen molar-refractivity contribution in [3.05, 3.63) is 58.7 Å². The van der Waals surface area contributed by atoms with Crippen LogP contribution in [0.4, 0.5) is 13.2 Å². The summed E-state index contributed by atoms with van der Waals surface area (Å²) in [5.41, 5.74) is 1.80. The SMILES string of the molecule is Cc1cc(-c2ccccc2C(F)(F)F)cc(C)c1C=O. The highest BCUT2D eigenvalue weighted by atomic mass is 19.4. The fraction of sp³-hybridized carbons (Fsp3) is 0.188. The zero-order valence-corrected chi connectivity index (χ0v) is 11.1. The molecule has 0 radical (unpaired) electrons. The Morgan fingerprint density at radius 3 is 2.05 bits per heavy atom. The number of aryl methyl sites for hydroxylation is 2. The second-order valence-corrected chi connectivity index (χ2v) is 4.68. The van der Waals surface area contributed by atoms with E-state index < -0.39 is 11.7 Å². The van der Waals surface area contributed by atoms with Gasteiger partial charge < -0.3 is 0 Å². The van der Waals surface area contributed by atoms with Crippen molar-refractivity contribution < 1.29 is 18.0 Å². The van der Waals surface area contributed by atoms with Gasteiger partial charge in [0.25, 0.3) is 0 Å². The Bertz CT molecular complexity index is 634. The van der Waals surface area contributed by atoms with Crippen molar-refractivity contribution in [2.75, 3.05) is 0 Å². The predicted octanol–water partition coefficient (Wildman–Crippen LogP) is 4.80. The molecule has 0 fully saturated rings. The molecule has 0 aliphatic carbocycles. The summed E-state index contributed by atoms with van der Waals surface area (Å²) in [6, 6.07) is 8.67. The number of carbonyl (C=O) groups excluding carboxylic acids is 1. The van der Waals surface area contributed by atoms with Crippen LogP contribution < -0.4 is 0 Å². The lowest BCUT2D eigenvalue weighted by Crippen LogP contribution is -2.07. The molecule has 4 heteroatoms. The third-order valence-corrected chi connectivity index (χ3v) is 3.26. The molecule has 0 unspecified atom stereocenters. The van der Waals surface area contributed by atoms with E-state index in [-0.39, 0.29) is 5.56 Å². The highest BCUT2D eigenvalue weighted by Crippen LogP contribution is 2.37. The van der Waals surface area contributed by atoms with Gasteiger partial charge in [-0.2, -0.15) is 13.2 Å². The first-order valence-electron chi connectivity index (χ1n) is 6.07. The Labute approximate surface area is 115 Å². The second kappa shape index (κ2) is 5.12. The average Bonchev–Trinajstić information content (AvgIpc) is 2.37. The first-order chi connectivity index (χ1) is 9.34. The van der Waals surface area contributed by atoms with E-state index in [0.29, 0.717) is 22.3 Å². The van der Waals surface area contributed by atoms with Crippen LogP contribution in [-0.2, 0) is 6.18 Å². The van der Waals surface area contributed by atoms with Gasteiger partial charge in [0.05, 0.1) is 5.56 Å². The molecule has 20 heavy (non-hydrogen) atoms. The minimum absolute atomic E-state index is 0.128. The minimum Gasteiger partial charge on any atom is -0.298 e. The van der Waals surface area contributed by atoms with Gasteiger partial charge >= 0.3 is 6.18 Å². The molecule has 0 saturated heterocycles. The molecule has 2 rings (SSSR count). The number of hydrogen-bond acceptors (Lipinski definition) is 1. The Morgan fingerprint density at radius 1 is 1.00 bits per heavy atom. The summed E-state index contributed by atoms with van der Waals surface area (Å²) in [6.45, 7) is 3.44. The van der Waals surface area contributed by atoms with E-state index in [2.05, 4.69) is 0 Å². The number of benzene rings is 2. The summed E-state index contributed by atoms with van der Waals surface area (Å²) in [4.78, 5) is 10.9. The van der Waals surface area contributed by atoms with Crippen molar-refractivity contribution in [2.45, 2.75) is 20.0 Å². The lowest BCUT2D eigenvalue weighted by Gasteiger charge is -2.14. The van der Waals surface area contributed by atoms with Crippen LogP contribution in [0.1, 0.15) is 27.0 Å². The topological polar surface area (TPSA) is 17.1 Å². The fourth-order valence-electron chi connectivity index (χ4n) is 2.30. The molecule has 2 aromatic rings. The lowest BCUT2D eigenvalue weighted by molar-refractivity contribution is -0.137. The average molecular weight is 278 g/mol. The van der Waals surface area contributed by atoms with Gasteiger partial charge in [-0.25, -0.2) is 0 Å². The zero-order chi connectivity index (χ0) is 14.9. The quantitative estimate of drug-likeness (QED) is 0.721. The summed E-state index contributed by atoms with van der Waals surface area (Å²) < 4.78 is 39.1. The number of rotatable bonds is 2. The third-order valence-electron chi connectivity index (χ3n) is 3.26. The summed E-state index contributed by atoms with van der Waals surface area (Å²) in [7, 11) is 0. The summed E-state index contributed by atoms with van der Waals surface area (Å²) in [5, 5.41) is 0. The molecule has 0 amide bonds. The number of carbonyl (C=O) groups is 1. The van der Waals surface area contributed by atoms with Crippen molar-refractivity contribution in [1.29, 1.82) is 0 Å². The summed E-state index contributed by atoms with van der Waals surface area (Å²) in [5.74, 6) is 0. The normalized spacial score (nSPS) is 11.4. The molecule has 0 atom stereocenters. The van der Waals surface area contributed by atoms with E-state index in [0.717, 1.165) is 12.4 Å². The van der Waals surface area contributed by atoms with Crippen LogP contribution in [0.3, 0.4) is 0 Å². The Kier molecular flexibility index (Phi) is 3.66. The van der Waals surface area contributed by atoms with Gasteiger partial charge in [0, 0.05) is 5.56 Å². The number of hydrogen-bond donors (Lipinski definition) is 0. The standard InChI is InChI=1S/C16H13F3O/c1-10-7-12(8-11(2)14(10)9-20)13-5-3-4-6-15(13)16(17,18)19/h3-9H,1-2H3. The molecule has 2 aromatic carbocycles. The van der Waals surface area contributed by atoms with E-state index >= 15 is 0 Å². The molecule has 0 aliphatic heterocycles. The second-order valence-electron chi connectivity index (χ2n) is 4.68. The maximum Gasteiger partial charge on any atom is 0.417 e. The van der Waals surface area contributed by atoms with Crippen LogP contribution in [0.15, 0.2) is 36.4 Å². The first-order valence-corrected chi connectivity index (χ1v) is 6.07. The van der Waals surface area contributed by atoms with Crippen molar-refractivity contribution in [2.24, 2.45) is 0 Å². The molecule has 0 N–H and O–H groups in total. The van der Waals surface area contributed by atoms with Gasteiger partial charge in [-0.1, -0.05) is 30.3 Å². The summed E-state index contributed by atoms with van der Waals surface area (Å²) in [6.07, 6.45) is -3.67. The van der Waals surface area contributed by atoms with E-state index in [4.69, 9.17) is 0 Å². The Balaban J connectivity index is 2.67. The smallest absolute Gasteiger partial charge is 0.298 e. The lowest BCUT2D eigenvalue weighted by atomic mass is 9.93. The molecule has 0 aromatic heterocycles. The molecular formula is C16H13F3O. The van der Waals surface area contributed by atoms with Crippen LogP contribution >= 0.6 is 0 Å². The van der Waals surface area contributed by atoms with Gasteiger partial charge in [-0.05, 0) is 42.2 Å². The molecule has 1 nitrogen and oxygen atoms in total. The monoisotopic (exact) mass is 278 g/mol. The maximum absolute atomic E-state index is 13.0. The predicted molar refractivity (Wildman–Crippen MR) is 71.7 cm³/mol. The van der Waals surface area contributed by atoms with Gasteiger partial charge in [0.1, 0.15) is 0 Å². The van der Waals surface area contributed by atoms with E-state index in [1.165, 1.54) is 12.1 Å². The Hall–Kier alpha value is -2.10. The molecule has 0 heterocycles. The number of halogens is 3. The van der Waals surface area contributed by atoms with Crippen LogP contribution in [0.2, 0.25) is 0 Å². The van der Waals surface area contributed by atoms with Crippen LogP contribution in [-0.4, -0.2) is 6.29 Å². The molecule has 0 aliphatic rings. The number of alkyl halides is 3. The highest BCUT2D eigenvalue weighted by molar-refractivity contribution is 5.82. The number of aldehydes is 1.